The highest BCUT2D eigenvalue weighted by atomic mass is 79.9. The number of fused-ring (bicyclic) bond motifs is 3. The number of alkyl halides is 1. The number of amides is 2. The van der Waals surface area contributed by atoms with Crippen molar-refractivity contribution in [3.63, 3.8) is 0 Å². The molecule has 2 aromatic carbocycles. The van der Waals surface area contributed by atoms with Crippen molar-refractivity contribution in [2.75, 3.05) is 64.2 Å². The molecule has 0 aliphatic carbocycles. The number of likely N-dealkylation sites (N-methyl/N-ethyl adjacent to an activating group) is 1. The van der Waals surface area contributed by atoms with E-state index < -0.39 is 12.1 Å². The zero-order chi connectivity index (χ0) is 29.3. The molecule has 10 nitrogen and oxygen atoms in total. The van der Waals surface area contributed by atoms with Gasteiger partial charge in [-0.3, -0.25) is 4.79 Å². The van der Waals surface area contributed by atoms with Crippen molar-refractivity contribution in [3.05, 3.63) is 58.8 Å². The summed E-state index contributed by atoms with van der Waals surface area (Å²) in [6.45, 7) is 4.77. The maximum Gasteiger partial charge on any atom is 0.415 e. The van der Waals surface area contributed by atoms with Crippen LogP contribution < -0.4 is 14.4 Å². The number of H-pyrrole nitrogens is 1. The molecule has 1 fully saturated rings. The van der Waals surface area contributed by atoms with Crippen molar-refractivity contribution in [2.45, 2.75) is 12.8 Å². The van der Waals surface area contributed by atoms with Crippen molar-refractivity contribution in [2.24, 2.45) is 0 Å². The Labute approximate surface area is 246 Å². The van der Waals surface area contributed by atoms with Gasteiger partial charge in [0.15, 0.2) is 5.75 Å². The summed E-state index contributed by atoms with van der Waals surface area (Å²) in [6, 6.07) is 9.12. The molecule has 2 aliphatic heterocycles. The minimum atomic E-state index is -0.504. The first-order valence-electron chi connectivity index (χ1n) is 13.4. The van der Waals surface area contributed by atoms with Crippen LogP contribution in [0.25, 0.3) is 17.0 Å². The number of aromatic nitrogens is 1. The van der Waals surface area contributed by atoms with E-state index in [-0.39, 0.29) is 17.6 Å². The van der Waals surface area contributed by atoms with Crippen molar-refractivity contribution in [1.82, 2.24) is 14.8 Å². The van der Waals surface area contributed by atoms with Gasteiger partial charge in [-0.2, -0.15) is 0 Å². The first kappa shape index (κ1) is 28.7. The molecule has 0 saturated carbocycles. The number of hydrogen-bond acceptors (Lipinski definition) is 7. The zero-order valence-corrected chi connectivity index (χ0v) is 25.1. The Morgan fingerprint density at radius 3 is 2.44 bits per heavy atom. The van der Waals surface area contributed by atoms with Crippen LogP contribution in [-0.4, -0.2) is 92.1 Å². The van der Waals surface area contributed by atoms with Crippen LogP contribution in [0.2, 0.25) is 0 Å². The highest BCUT2D eigenvalue weighted by Gasteiger charge is 2.37. The number of aromatic amines is 1. The number of aryl methyl sites for hydroxylation is 1. The lowest BCUT2D eigenvalue weighted by Crippen LogP contribution is -2.48. The van der Waals surface area contributed by atoms with E-state index in [4.69, 9.17) is 14.2 Å². The average Bonchev–Trinajstić information content (AvgIpc) is 3.53. The second-order valence-corrected chi connectivity index (χ2v) is 10.9. The summed E-state index contributed by atoms with van der Waals surface area (Å²) in [6.07, 6.45) is 2.79. The van der Waals surface area contributed by atoms with Crippen molar-refractivity contribution in [3.8, 4) is 11.5 Å². The molecule has 2 amide bonds. The molecule has 11 heteroatoms. The van der Waals surface area contributed by atoms with Gasteiger partial charge < -0.3 is 33.9 Å². The fourth-order valence-electron chi connectivity index (χ4n) is 5.42. The molecule has 3 heterocycles. The lowest BCUT2D eigenvalue weighted by atomic mass is 9.95. The van der Waals surface area contributed by atoms with E-state index in [1.807, 2.05) is 31.3 Å². The second-order valence-electron chi connectivity index (χ2n) is 10.2. The number of hydrogen-bond donors (Lipinski definition) is 1. The first-order chi connectivity index (χ1) is 19.7. The van der Waals surface area contributed by atoms with Gasteiger partial charge in [0.2, 0.25) is 0 Å². The SMILES string of the molecule is COC(=O)c1c(C)[nH]c2c(OC(=O)N3CCN(C)CC3)cc3c(c12)[C@H](CBr)CN3C(=O)/C=C/c1ccc(OC)cc1. The van der Waals surface area contributed by atoms with E-state index in [2.05, 4.69) is 25.8 Å². The summed E-state index contributed by atoms with van der Waals surface area (Å²) in [7, 11) is 4.95. The van der Waals surface area contributed by atoms with E-state index in [1.54, 1.807) is 36.0 Å². The minimum Gasteiger partial charge on any atom is -0.497 e. The largest absolute Gasteiger partial charge is 0.497 e. The van der Waals surface area contributed by atoms with Crippen LogP contribution in [0, 0.1) is 6.92 Å². The molecule has 1 saturated heterocycles. The van der Waals surface area contributed by atoms with Gasteiger partial charge >= 0.3 is 12.1 Å². The predicted octanol–water partition coefficient (Wildman–Crippen LogP) is 4.56. The van der Waals surface area contributed by atoms with Crippen molar-refractivity contribution < 1.29 is 28.6 Å². The Morgan fingerprint density at radius 2 is 1.80 bits per heavy atom. The number of rotatable bonds is 6. The maximum absolute atomic E-state index is 13.6. The number of nitrogens with zero attached hydrogens (tertiary/aromatic N) is 3. The third-order valence-corrected chi connectivity index (χ3v) is 8.47. The van der Waals surface area contributed by atoms with Crippen LogP contribution in [-0.2, 0) is 9.53 Å². The van der Waals surface area contributed by atoms with Crippen LogP contribution in [0.1, 0.15) is 33.1 Å². The molecule has 216 valence electrons. The number of nitrogens with one attached hydrogen (secondary N) is 1. The highest BCUT2D eigenvalue weighted by Crippen LogP contribution is 2.47. The first-order valence-corrected chi connectivity index (χ1v) is 14.5. The normalized spacial score (nSPS) is 17.2. The average molecular weight is 626 g/mol. The number of benzene rings is 2. The van der Waals surface area contributed by atoms with Crippen LogP contribution in [0.15, 0.2) is 36.4 Å². The van der Waals surface area contributed by atoms with E-state index >= 15 is 0 Å². The molecule has 5 rings (SSSR count). The lowest BCUT2D eigenvalue weighted by Gasteiger charge is -2.31. The third-order valence-electron chi connectivity index (χ3n) is 7.68. The number of halogens is 1. The molecular weight excluding hydrogens is 592 g/mol. The summed E-state index contributed by atoms with van der Waals surface area (Å²) in [4.78, 5) is 48.5. The Hall–Kier alpha value is -3.83. The minimum absolute atomic E-state index is 0.105. The molecule has 2 aliphatic rings. The van der Waals surface area contributed by atoms with Crippen LogP contribution in [0.5, 0.6) is 11.5 Å². The molecule has 1 aromatic heterocycles. The predicted molar refractivity (Wildman–Crippen MR) is 160 cm³/mol. The number of methoxy groups -OCH3 is 2. The fraction of sp³-hybridized carbons (Fsp3) is 0.367. The van der Waals surface area contributed by atoms with E-state index in [0.717, 1.165) is 30.0 Å². The monoisotopic (exact) mass is 624 g/mol. The van der Waals surface area contributed by atoms with Gasteiger partial charge in [0, 0.05) is 67.2 Å². The summed E-state index contributed by atoms with van der Waals surface area (Å²) in [5, 5.41) is 1.17. The number of carbonyl (C=O) groups is 3. The van der Waals surface area contributed by atoms with Crippen LogP contribution in [0.4, 0.5) is 10.5 Å². The van der Waals surface area contributed by atoms with Gasteiger partial charge in [0.25, 0.3) is 5.91 Å². The smallest absolute Gasteiger partial charge is 0.415 e. The van der Waals surface area contributed by atoms with Gasteiger partial charge in [-0.25, -0.2) is 9.59 Å². The Kier molecular flexibility index (Phi) is 8.37. The van der Waals surface area contributed by atoms with Crippen LogP contribution in [0.3, 0.4) is 0 Å². The molecule has 3 aromatic rings. The Bertz CT molecular complexity index is 1510. The maximum atomic E-state index is 13.6. The van der Waals surface area contributed by atoms with Gasteiger partial charge in [-0.05, 0) is 43.3 Å². The summed E-state index contributed by atoms with van der Waals surface area (Å²) < 4.78 is 16.3. The molecular formula is C30H33BrN4O6. The number of piperazine rings is 1. The molecule has 0 bridgehead atoms. The number of esters is 1. The number of anilines is 1. The topological polar surface area (TPSA) is 104 Å². The van der Waals surface area contributed by atoms with Gasteiger partial charge in [0.1, 0.15) is 5.75 Å². The quantitative estimate of drug-likeness (QED) is 0.244. The second kappa shape index (κ2) is 12.0. The molecule has 0 radical (unpaired) electrons. The molecule has 1 atom stereocenters. The summed E-state index contributed by atoms with van der Waals surface area (Å²) in [5.41, 5.74) is 3.75. The Morgan fingerprint density at radius 1 is 1.10 bits per heavy atom. The van der Waals surface area contributed by atoms with Gasteiger partial charge in [-0.1, -0.05) is 28.1 Å². The standard InChI is InChI=1S/C30H33BrN4O6/c1-18-25(29(37)40-4)27-26-20(16-31)17-35(24(36)10-7-19-5-8-21(39-3)9-6-19)22(26)15-23(28(27)32-18)41-30(38)34-13-11-33(2)12-14-34/h5-10,15,20,32H,11-14,16-17H2,1-4H3/b10-7+/t20-/m1/s1. The van der Waals surface area contributed by atoms with Gasteiger partial charge in [-0.15, -0.1) is 0 Å². The van der Waals surface area contributed by atoms with E-state index in [1.165, 1.54) is 13.2 Å². The molecule has 0 spiro atoms. The molecule has 1 N–H and O–H groups in total. The highest BCUT2D eigenvalue weighted by molar-refractivity contribution is 9.09. The zero-order valence-electron chi connectivity index (χ0n) is 23.5. The van der Waals surface area contributed by atoms with Crippen LogP contribution >= 0.6 is 15.9 Å². The van der Waals surface area contributed by atoms with Crippen molar-refractivity contribution >= 4 is 56.6 Å². The molecule has 41 heavy (non-hydrogen) atoms. The lowest BCUT2D eigenvalue weighted by molar-refractivity contribution is -0.114. The van der Waals surface area contributed by atoms with Crippen molar-refractivity contribution in [1.29, 1.82) is 0 Å². The number of carbonyl (C=O) groups excluding carboxylic acids is 3. The summed E-state index contributed by atoms with van der Waals surface area (Å²) in [5.74, 6) is 0.150. The molecule has 0 unspecified atom stereocenters. The summed E-state index contributed by atoms with van der Waals surface area (Å²) >= 11 is 3.61. The fourth-order valence-corrected chi connectivity index (χ4v) is 5.95. The van der Waals surface area contributed by atoms with Gasteiger partial charge in [0.05, 0.1) is 31.0 Å². The Balaban J connectivity index is 1.57. The third kappa shape index (κ3) is 5.56. The van der Waals surface area contributed by atoms with E-state index in [0.29, 0.717) is 52.8 Å². The van der Waals surface area contributed by atoms with E-state index in [9.17, 15) is 14.4 Å². The number of ether oxygens (including phenoxy) is 3.